The van der Waals surface area contributed by atoms with Gasteiger partial charge in [-0.2, -0.15) is 0 Å². The van der Waals surface area contributed by atoms with Crippen molar-refractivity contribution in [1.82, 2.24) is 9.88 Å². The summed E-state index contributed by atoms with van der Waals surface area (Å²) in [6.45, 7) is 6.16. The highest BCUT2D eigenvalue weighted by atomic mass is 32.1. The van der Waals surface area contributed by atoms with Gasteiger partial charge in [-0.25, -0.2) is 4.98 Å². The number of anilines is 1. The second-order valence-corrected chi connectivity index (χ2v) is 6.90. The van der Waals surface area contributed by atoms with Crippen LogP contribution in [0, 0.1) is 6.92 Å². The Bertz CT molecular complexity index is 782. The van der Waals surface area contributed by atoms with Crippen molar-refractivity contribution in [3.05, 3.63) is 45.4 Å². The van der Waals surface area contributed by atoms with Gasteiger partial charge in [0.15, 0.2) is 0 Å². The van der Waals surface area contributed by atoms with Crippen molar-refractivity contribution in [2.75, 3.05) is 31.6 Å². The third-order valence-electron chi connectivity index (χ3n) is 4.02. The first kappa shape index (κ1) is 17.6. The van der Waals surface area contributed by atoms with Crippen LogP contribution in [-0.2, 0) is 11.2 Å². The highest BCUT2D eigenvalue weighted by Crippen LogP contribution is 2.21. The molecule has 0 unspecified atom stereocenters. The largest absolute Gasteiger partial charge is 0.378 e. The molecule has 6 nitrogen and oxygen atoms in total. The summed E-state index contributed by atoms with van der Waals surface area (Å²) < 4.78 is 5.28. The van der Waals surface area contributed by atoms with Crippen LogP contribution in [0.4, 0.5) is 5.69 Å². The normalized spacial score (nSPS) is 14.4. The van der Waals surface area contributed by atoms with Crippen LogP contribution in [0.2, 0.25) is 0 Å². The molecule has 1 aliphatic heterocycles. The maximum absolute atomic E-state index is 12.6. The van der Waals surface area contributed by atoms with Gasteiger partial charge in [0.1, 0.15) is 4.88 Å². The number of hydrogen-bond donors (Lipinski definition) is 1. The Morgan fingerprint density at radius 1 is 1.32 bits per heavy atom. The summed E-state index contributed by atoms with van der Waals surface area (Å²) in [7, 11) is 0. The van der Waals surface area contributed by atoms with Crippen LogP contribution in [0.25, 0.3) is 0 Å². The van der Waals surface area contributed by atoms with Crippen LogP contribution in [0.3, 0.4) is 0 Å². The molecule has 1 saturated heterocycles. The molecular formula is C18H21N3O3S. The van der Waals surface area contributed by atoms with E-state index in [1.165, 1.54) is 11.3 Å². The molecule has 2 aromatic rings. The highest BCUT2D eigenvalue weighted by Gasteiger charge is 2.19. The van der Waals surface area contributed by atoms with Gasteiger partial charge in [-0.05, 0) is 31.5 Å². The van der Waals surface area contributed by atoms with E-state index in [9.17, 15) is 9.59 Å². The quantitative estimate of drug-likeness (QED) is 0.911. The molecule has 0 spiro atoms. The number of thiazole rings is 1. The van der Waals surface area contributed by atoms with Gasteiger partial charge in [-0.15, -0.1) is 11.3 Å². The number of carbonyl (C=O) groups is 2. The van der Waals surface area contributed by atoms with Crippen LogP contribution in [0.15, 0.2) is 24.3 Å². The fraction of sp³-hybridized carbons (Fsp3) is 0.389. The van der Waals surface area contributed by atoms with E-state index in [-0.39, 0.29) is 11.8 Å². The number of aryl methyl sites for hydroxylation is 2. The minimum atomic E-state index is -0.189. The lowest BCUT2D eigenvalue weighted by molar-refractivity contribution is 0.0303. The molecule has 0 aliphatic carbocycles. The Kier molecular flexibility index (Phi) is 5.45. The summed E-state index contributed by atoms with van der Waals surface area (Å²) in [5.74, 6) is -0.229. The molecule has 1 aromatic carbocycles. The fourth-order valence-corrected chi connectivity index (χ4v) is 3.58. The maximum Gasteiger partial charge on any atom is 0.267 e. The Morgan fingerprint density at radius 2 is 2.08 bits per heavy atom. The van der Waals surface area contributed by atoms with E-state index in [1.54, 1.807) is 29.2 Å². The first-order chi connectivity index (χ1) is 12.1. The maximum atomic E-state index is 12.6. The zero-order chi connectivity index (χ0) is 17.8. The molecule has 0 bridgehead atoms. The van der Waals surface area contributed by atoms with Crippen molar-refractivity contribution in [2.24, 2.45) is 0 Å². The number of morpholine rings is 1. The number of nitrogens with zero attached hydrogens (tertiary/aromatic N) is 2. The number of rotatable bonds is 4. The molecule has 2 heterocycles. The fourth-order valence-electron chi connectivity index (χ4n) is 2.68. The minimum Gasteiger partial charge on any atom is -0.378 e. The predicted octanol–water partition coefficient (Wildman–Crippen LogP) is 2.74. The summed E-state index contributed by atoms with van der Waals surface area (Å²) in [6, 6.07) is 7.04. The molecule has 0 saturated carbocycles. The van der Waals surface area contributed by atoms with Crippen molar-refractivity contribution in [3.8, 4) is 0 Å². The predicted molar refractivity (Wildman–Crippen MR) is 97.3 cm³/mol. The zero-order valence-electron chi connectivity index (χ0n) is 14.4. The van der Waals surface area contributed by atoms with Gasteiger partial charge in [0.25, 0.3) is 11.8 Å². The van der Waals surface area contributed by atoms with Gasteiger partial charge in [-0.1, -0.05) is 13.0 Å². The number of nitrogens with one attached hydrogen (secondary N) is 1. The number of benzene rings is 1. The average molecular weight is 359 g/mol. The topological polar surface area (TPSA) is 71.5 Å². The monoisotopic (exact) mass is 359 g/mol. The van der Waals surface area contributed by atoms with Crippen LogP contribution >= 0.6 is 11.3 Å². The van der Waals surface area contributed by atoms with Crippen molar-refractivity contribution < 1.29 is 14.3 Å². The first-order valence-electron chi connectivity index (χ1n) is 8.33. The van der Waals surface area contributed by atoms with Gasteiger partial charge < -0.3 is 15.0 Å². The smallest absolute Gasteiger partial charge is 0.267 e. The minimum absolute atomic E-state index is 0.0401. The molecule has 3 rings (SSSR count). The summed E-state index contributed by atoms with van der Waals surface area (Å²) in [5.41, 5.74) is 1.91. The van der Waals surface area contributed by atoms with Gasteiger partial charge in [0, 0.05) is 24.3 Å². The lowest BCUT2D eigenvalue weighted by Crippen LogP contribution is -2.40. The Morgan fingerprint density at radius 3 is 2.76 bits per heavy atom. The lowest BCUT2D eigenvalue weighted by Gasteiger charge is -2.27. The first-order valence-corrected chi connectivity index (χ1v) is 9.15. The molecule has 0 radical (unpaired) electrons. The third-order valence-corrected chi connectivity index (χ3v) is 5.32. The summed E-state index contributed by atoms with van der Waals surface area (Å²) in [6.07, 6.45) is 0.808. The third kappa shape index (κ3) is 4.05. The Balaban J connectivity index is 1.73. The summed E-state index contributed by atoms with van der Waals surface area (Å²) in [4.78, 5) is 31.8. The molecule has 1 N–H and O–H groups in total. The summed E-state index contributed by atoms with van der Waals surface area (Å²) in [5, 5.41) is 3.81. The Labute approximate surface area is 150 Å². The lowest BCUT2D eigenvalue weighted by atomic mass is 10.1. The van der Waals surface area contributed by atoms with Crippen LogP contribution in [-0.4, -0.2) is 48.0 Å². The van der Waals surface area contributed by atoms with Crippen molar-refractivity contribution >= 4 is 28.8 Å². The molecule has 0 atom stereocenters. The van der Waals surface area contributed by atoms with Gasteiger partial charge in [0.05, 0.1) is 23.9 Å². The van der Waals surface area contributed by atoms with Crippen molar-refractivity contribution in [3.63, 3.8) is 0 Å². The molecule has 1 aromatic heterocycles. The number of hydrogen-bond acceptors (Lipinski definition) is 5. The van der Waals surface area contributed by atoms with E-state index < -0.39 is 0 Å². The molecule has 25 heavy (non-hydrogen) atoms. The molecule has 1 fully saturated rings. The van der Waals surface area contributed by atoms with E-state index in [0.29, 0.717) is 42.4 Å². The second kappa shape index (κ2) is 7.76. The second-order valence-electron chi connectivity index (χ2n) is 5.82. The highest BCUT2D eigenvalue weighted by molar-refractivity contribution is 7.13. The van der Waals surface area contributed by atoms with Crippen LogP contribution in [0.5, 0.6) is 0 Å². The number of aromatic nitrogens is 1. The van der Waals surface area contributed by atoms with Crippen molar-refractivity contribution in [2.45, 2.75) is 20.3 Å². The molecular weight excluding hydrogens is 338 g/mol. The van der Waals surface area contributed by atoms with Gasteiger partial charge in [-0.3, -0.25) is 9.59 Å². The van der Waals surface area contributed by atoms with E-state index in [4.69, 9.17) is 4.74 Å². The number of ether oxygens (including phenoxy) is 1. The SMILES string of the molecule is CCc1nc(C)c(C(=O)Nc2cccc(C(=O)N3CCOCC3)c2)s1. The molecule has 132 valence electrons. The van der Waals surface area contributed by atoms with E-state index >= 15 is 0 Å². The molecule has 2 amide bonds. The number of carbonyl (C=O) groups excluding carboxylic acids is 2. The van der Waals surface area contributed by atoms with Gasteiger partial charge >= 0.3 is 0 Å². The average Bonchev–Trinajstić information content (AvgIpc) is 3.03. The Hall–Kier alpha value is -2.25. The van der Waals surface area contributed by atoms with Gasteiger partial charge in [0.2, 0.25) is 0 Å². The summed E-state index contributed by atoms with van der Waals surface area (Å²) >= 11 is 1.41. The van der Waals surface area contributed by atoms with E-state index in [0.717, 1.165) is 17.1 Å². The number of amides is 2. The zero-order valence-corrected chi connectivity index (χ0v) is 15.2. The van der Waals surface area contributed by atoms with Crippen molar-refractivity contribution in [1.29, 1.82) is 0 Å². The van der Waals surface area contributed by atoms with E-state index in [2.05, 4.69) is 10.3 Å². The molecule has 7 heteroatoms. The van der Waals surface area contributed by atoms with E-state index in [1.807, 2.05) is 13.8 Å². The van der Waals surface area contributed by atoms with Crippen LogP contribution in [0.1, 0.15) is 37.7 Å². The standard InChI is InChI=1S/C18H21N3O3S/c1-3-15-19-12(2)16(25-15)17(22)20-14-6-4-5-13(11-14)18(23)21-7-9-24-10-8-21/h4-6,11H,3,7-10H2,1-2H3,(H,20,22). The molecule has 1 aliphatic rings. The van der Waals surface area contributed by atoms with Crippen LogP contribution < -0.4 is 5.32 Å².